The highest BCUT2D eigenvalue weighted by molar-refractivity contribution is 7.14. The van der Waals surface area contributed by atoms with E-state index in [4.69, 9.17) is 9.94 Å². The van der Waals surface area contributed by atoms with E-state index in [1.807, 2.05) is 0 Å². The molecule has 1 aromatic carbocycles. The van der Waals surface area contributed by atoms with Gasteiger partial charge in [-0.25, -0.2) is 4.98 Å². The summed E-state index contributed by atoms with van der Waals surface area (Å²) in [4.78, 5) is 16.2. The number of amides is 1. The van der Waals surface area contributed by atoms with Crippen LogP contribution in [0.5, 0.6) is 11.5 Å². The molecule has 7 nitrogen and oxygen atoms in total. The number of aromatic hydroxyl groups is 1. The average molecular weight is 307 g/mol. The van der Waals surface area contributed by atoms with Gasteiger partial charge in [0.2, 0.25) is 0 Å². The van der Waals surface area contributed by atoms with Crippen LogP contribution in [-0.2, 0) is 0 Å². The molecule has 21 heavy (non-hydrogen) atoms. The van der Waals surface area contributed by atoms with Gasteiger partial charge in [0.15, 0.2) is 5.13 Å². The number of phenols is 1. The number of ether oxygens (including phenoxy) is 1. The zero-order chi connectivity index (χ0) is 15.4. The molecule has 2 aromatic rings. The molecule has 0 aliphatic heterocycles. The topological polar surface area (TPSA) is 104 Å². The highest BCUT2D eigenvalue weighted by Gasteiger charge is 2.15. The molecule has 0 saturated carbocycles. The van der Waals surface area contributed by atoms with Gasteiger partial charge in [0.1, 0.15) is 22.9 Å². The first kappa shape index (κ1) is 14.8. The largest absolute Gasteiger partial charge is 0.507 e. The minimum atomic E-state index is -0.508. The fourth-order valence-corrected chi connectivity index (χ4v) is 2.29. The van der Waals surface area contributed by atoms with Gasteiger partial charge >= 0.3 is 0 Å². The van der Waals surface area contributed by atoms with Crippen molar-refractivity contribution in [1.29, 1.82) is 0 Å². The average Bonchev–Trinajstić information content (AvgIpc) is 2.95. The minimum Gasteiger partial charge on any atom is -0.507 e. The van der Waals surface area contributed by atoms with E-state index in [1.165, 1.54) is 30.6 Å². The summed E-state index contributed by atoms with van der Waals surface area (Å²) in [7, 11) is 1.47. The predicted octanol–water partition coefficient (Wildman–Crippen LogP) is 2.31. The molecular weight excluding hydrogens is 294 g/mol. The van der Waals surface area contributed by atoms with E-state index in [9.17, 15) is 9.90 Å². The summed E-state index contributed by atoms with van der Waals surface area (Å²) >= 11 is 1.18. The van der Waals surface area contributed by atoms with Crippen molar-refractivity contribution in [3.8, 4) is 11.5 Å². The quantitative estimate of drug-likeness (QED) is 0.457. The summed E-state index contributed by atoms with van der Waals surface area (Å²) in [5.41, 5.74) is 0.891. The molecule has 0 bridgehead atoms. The van der Waals surface area contributed by atoms with Gasteiger partial charge in [0.05, 0.1) is 12.7 Å². The van der Waals surface area contributed by atoms with Crippen molar-refractivity contribution in [2.45, 2.75) is 6.92 Å². The minimum absolute atomic E-state index is 0.0821. The van der Waals surface area contributed by atoms with Crippen LogP contribution in [0, 0.1) is 0 Å². The molecule has 0 aliphatic carbocycles. The Kier molecular flexibility index (Phi) is 4.39. The third-order valence-electron chi connectivity index (χ3n) is 2.69. The van der Waals surface area contributed by atoms with Crippen molar-refractivity contribution < 1.29 is 19.8 Å². The predicted molar refractivity (Wildman–Crippen MR) is 78.7 cm³/mol. The molecule has 0 radical (unpaired) electrons. The maximum absolute atomic E-state index is 12.1. The second-order valence-corrected chi connectivity index (χ2v) is 4.92. The Bertz CT molecular complexity index is 696. The summed E-state index contributed by atoms with van der Waals surface area (Å²) in [6, 6.07) is 4.36. The standard InChI is InChI=1S/C13H13N3O4S/c1-7(16-19)10-6-21-13(14-10)15-12(18)9-5-8(20-2)3-4-11(9)17/h3-6,17,19H,1-2H3,(H,14,15,18). The van der Waals surface area contributed by atoms with Crippen molar-refractivity contribution in [3.05, 3.63) is 34.8 Å². The van der Waals surface area contributed by atoms with E-state index in [-0.39, 0.29) is 11.3 Å². The highest BCUT2D eigenvalue weighted by atomic mass is 32.1. The van der Waals surface area contributed by atoms with Crippen molar-refractivity contribution in [2.24, 2.45) is 5.16 Å². The van der Waals surface area contributed by atoms with E-state index in [1.54, 1.807) is 18.4 Å². The van der Waals surface area contributed by atoms with Crippen LogP contribution in [0.2, 0.25) is 0 Å². The maximum atomic E-state index is 12.1. The van der Waals surface area contributed by atoms with E-state index in [0.29, 0.717) is 22.3 Å². The van der Waals surface area contributed by atoms with Crippen molar-refractivity contribution in [3.63, 3.8) is 0 Å². The normalized spacial score (nSPS) is 11.2. The molecule has 0 unspecified atom stereocenters. The van der Waals surface area contributed by atoms with E-state index >= 15 is 0 Å². The lowest BCUT2D eigenvalue weighted by atomic mass is 10.2. The van der Waals surface area contributed by atoms with E-state index < -0.39 is 5.91 Å². The smallest absolute Gasteiger partial charge is 0.261 e. The number of hydrogen-bond acceptors (Lipinski definition) is 7. The lowest BCUT2D eigenvalue weighted by Crippen LogP contribution is -2.12. The molecule has 8 heteroatoms. The van der Waals surface area contributed by atoms with Crippen molar-refractivity contribution >= 4 is 28.1 Å². The van der Waals surface area contributed by atoms with Crippen LogP contribution in [0.3, 0.4) is 0 Å². The number of hydrogen-bond donors (Lipinski definition) is 3. The van der Waals surface area contributed by atoms with Crippen molar-refractivity contribution in [2.75, 3.05) is 12.4 Å². The summed E-state index contributed by atoms with van der Waals surface area (Å²) in [5, 5.41) is 26.0. The maximum Gasteiger partial charge on any atom is 0.261 e. The summed E-state index contributed by atoms with van der Waals surface area (Å²) < 4.78 is 5.01. The molecule has 3 N–H and O–H groups in total. The molecule has 0 atom stereocenters. The van der Waals surface area contributed by atoms with Crippen LogP contribution in [0.25, 0.3) is 0 Å². The molecule has 0 spiro atoms. The van der Waals surface area contributed by atoms with Gasteiger partial charge in [-0.2, -0.15) is 0 Å². The monoisotopic (exact) mass is 307 g/mol. The third-order valence-corrected chi connectivity index (χ3v) is 3.45. The molecule has 1 aromatic heterocycles. The SMILES string of the molecule is COc1ccc(O)c(C(=O)Nc2nc(C(C)=NO)cs2)c1. The van der Waals surface area contributed by atoms with Gasteiger partial charge in [0, 0.05) is 5.38 Å². The lowest BCUT2D eigenvalue weighted by Gasteiger charge is -2.06. The number of nitrogens with one attached hydrogen (secondary N) is 1. The molecule has 0 fully saturated rings. The number of carbonyl (C=O) groups is 1. The number of thiazole rings is 1. The molecule has 1 amide bonds. The molecule has 2 rings (SSSR count). The first-order valence-corrected chi connectivity index (χ1v) is 6.76. The van der Waals surface area contributed by atoms with E-state index in [2.05, 4.69) is 15.5 Å². The number of oxime groups is 1. The number of anilines is 1. The van der Waals surface area contributed by atoms with Gasteiger partial charge in [-0.15, -0.1) is 11.3 Å². The zero-order valence-corrected chi connectivity index (χ0v) is 12.1. The van der Waals surface area contributed by atoms with Gasteiger partial charge < -0.3 is 15.1 Å². The van der Waals surface area contributed by atoms with E-state index in [0.717, 1.165) is 0 Å². The number of phenolic OH excluding ortho intramolecular Hbond substituents is 1. The number of nitrogens with zero attached hydrogens (tertiary/aromatic N) is 2. The zero-order valence-electron chi connectivity index (χ0n) is 11.3. The van der Waals surface area contributed by atoms with Crippen LogP contribution in [0.1, 0.15) is 23.0 Å². The summed E-state index contributed by atoms with van der Waals surface area (Å²) in [6.45, 7) is 1.59. The number of rotatable bonds is 4. The van der Waals surface area contributed by atoms with Crippen LogP contribution in [0.15, 0.2) is 28.7 Å². The lowest BCUT2D eigenvalue weighted by molar-refractivity contribution is 0.102. The Balaban J connectivity index is 2.20. The van der Waals surface area contributed by atoms with Crippen molar-refractivity contribution in [1.82, 2.24) is 4.98 Å². The Morgan fingerprint density at radius 2 is 2.24 bits per heavy atom. The second-order valence-electron chi connectivity index (χ2n) is 4.06. The fraction of sp³-hybridized carbons (Fsp3) is 0.154. The number of benzene rings is 1. The Morgan fingerprint density at radius 3 is 2.90 bits per heavy atom. The second kappa shape index (κ2) is 6.23. The number of aromatic nitrogens is 1. The fourth-order valence-electron chi connectivity index (χ4n) is 1.54. The molecule has 110 valence electrons. The number of carbonyl (C=O) groups excluding carboxylic acids is 1. The molecule has 1 heterocycles. The first-order chi connectivity index (χ1) is 10.0. The third kappa shape index (κ3) is 3.29. The van der Waals surface area contributed by atoms with Crippen LogP contribution in [-0.4, -0.2) is 34.0 Å². The Labute approximate surface area is 124 Å². The van der Waals surface area contributed by atoms with Gasteiger partial charge in [-0.1, -0.05) is 5.16 Å². The Morgan fingerprint density at radius 1 is 1.48 bits per heavy atom. The summed E-state index contributed by atoms with van der Waals surface area (Å²) in [6.07, 6.45) is 0. The van der Waals surface area contributed by atoms with Gasteiger partial charge in [0.25, 0.3) is 5.91 Å². The molecular formula is C13H13N3O4S. The molecule has 0 aliphatic rings. The highest BCUT2D eigenvalue weighted by Crippen LogP contribution is 2.24. The number of methoxy groups -OCH3 is 1. The van der Waals surface area contributed by atoms with Gasteiger partial charge in [-0.05, 0) is 25.1 Å². The summed E-state index contributed by atoms with van der Waals surface area (Å²) in [5.74, 6) is -0.204. The molecule has 0 saturated heterocycles. The van der Waals surface area contributed by atoms with Crippen LogP contribution >= 0.6 is 11.3 Å². The van der Waals surface area contributed by atoms with Crippen LogP contribution < -0.4 is 10.1 Å². The first-order valence-electron chi connectivity index (χ1n) is 5.88. The Hall–Kier alpha value is -2.61. The van der Waals surface area contributed by atoms with Crippen LogP contribution in [0.4, 0.5) is 5.13 Å². The van der Waals surface area contributed by atoms with Gasteiger partial charge in [-0.3, -0.25) is 10.1 Å².